The van der Waals surface area contributed by atoms with E-state index in [1.807, 2.05) is 0 Å². The van der Waals surface area contributed by atoms with Crippen LogP contribution in [-0.4, -0.2) is 44.3 Å². The highest BCUT2D eigenvalue weighted by Crippen LogP contribution is 2.17. The highest BCUT2D eigenvalue weighted by molar-refractivity contribution is 7.89. The van der Waals surface area contributed by atoms with Gasteiger partial charge in [-0.15, -0.1) is 0 Å². The second-order valence-electron chi connectivity index (χ2n) is 6.15. The summed E-state index contributed by atoms with van der Waals surface area (Å²) in [6.45, 7) is 8.82. The Bertz CT molecular complexity index is 640. The predicted molar refractivity (Wildman–Crippen MR) is 96.3 cm³/mol. The number of nitrogens with one attached hydrogen (secondary N) is 1. The number of hydrogen-bond acceptors (Lipinski definition) is 4. The molecule has 1 atom stereocenters. The summed E-state index contributed by atoms with van der Waals surface area (Å²) < 4.78 is 26.5. The summed E-state index contributed by atoms with van der Waals surface area (Å²) in [7, 11) is -3.58. The highest BCUT2D eigenvalue weighted by atomic mass is 32.2. The van der Waals surface area contributed by atoms with Crippen molar-refractivity contribution in [1.82, 2.24) is 9.62 Å². The van der Waals surface area contributed by atoms with Crippen LogP contribution in [0.1, 0.15) is 44.5 Å². The minimum absolute atomic E-state index is 0.124. The number of sulfonamides is 1. The van der Waals surface area contributed by atoms with Crippen LogP contribution >= 0.6 is 0 Å². The Morgan fingerprint density at radius 2 is 1.88 bits per heavy atom. The van der Waals surface area contributed by atoms with E-state index in [0.29, 0.717) is 31.1 Å². The molecule has 1 unspecified atom stereocenters. The van der Waals surface area contributed by atoms with Crippen LogP contribution in [0.3, 0.4) is 0 Å². The van der Waals surface area contributed by atoms with Gasteiger partial charge in [0.1, 0.15) is 0 Å². The zero-order valence-corrected chi connectivity index (χ0v) is 15.8. The van der Waals surface area contributed by atoms with Gasteiger partial charge < -0.3 is 11.1 Å². The van der Waals surface area contributed by atoms with Crippen LogP contribution in [0.15, 0.2) is 29.2 Å². The van der Waals surface area contributed by atoms with Gasteiger partial charge in [-0.2, -0.15) is 4.31 Å². The molecule has 0 aliphatic heterocycles. The first-order chi connectivity index (χ1) is 11.3. The van der Waals surface area contributed by atoms with Crippen molar-refractivity contribution in [2.45, 2.75) is 45.1 Å². The van der Waals surface area contributed by atoms with Gasteiger partial charge in [-0.05, 0) is 30.5 Å². The van der Waals surface area contributed by atoms with Gasteiger partial charge in [0, 0.05) is 31.2 Å². The summed E-state index contributed by atoms with van der Waals surface area (Å²) in [6.07, 6.45) is 0.777. The zero-order valence-electron chi connectivity index (χ0n) is 15.0. The van der Waals surface area contributed by atoms with E-state index in [1.165, 1.54) is 16.4 Å². The lowest BCUT2D eigenvalue weighted by atomic mass is 10.0. The number of carbonyl (C=O) groups is 1. The van der Waals surface area contributed by atoms with Crippen molar-refractivity contribution >= 4 is 15.9 Å². The van der Waals surface area contributed by atoms with Crippen LogP contribution in [0.2, 0.25) is 0 Å². The maximum atomic E-state index is 12.6. The standard InChI is InChI=1S/C17H29N3O3S/c1-5-20(6-2)24(22,23)16-9-7-8-14(11-16)17(21)19-15(12-18)10-13(3)4/h7-9,11,13,15H,5-6,10,12,18H2,1-4H3,(H,19,21). The fourth-order valence-corrected chi connectivity index (χ4v) is 4.07. The molecular formula is C17H29N3O3S. The monoisotopic (exact) mass is 355 g/mol. The van der Waals surface area contributed by atoms with E-state index >= 15 is 0 Å². The van der Waals surface area contributed by atoms with Gasteiger partial charge in [0.25, 0.3) is 5.91 Å². The Hall–Kier alpha value is -1.44. The van der Waals surface area contributed by atoms with Crippen LogP contribution in [0.5, 0.6) is 0 Å². The normalized spacial score (nSPS) is 13.3. The Morgan fingerprint density at radius 3 is 2.38 bits per heavy atom. The molecule has 0 aliphatic rings. The van der Waals surface area contributed by atoms with E-state index in [1.54, 1.807) is 26.0 Å². The molecule has 0 heterocycles. The number of amides is 1. The Kier molecular flexibility index (Phi) is 7.86. The van der Waals surface area contributed by atoms with Gasteiger partial charge in [0.15, 0.2) is 0 Å². The Balaban J connectivity index is 3.01. The molecule has 0 saturated heterocycles. The molecule has 0 saturated carbocycles. The maximum Gasteiger partial charge on any atom is 0.251 e. The first kappa shape index (κ1) is 20.6. The minimum Gasteiger partial charge on any atom is -0.348 e. The zero-order chi connectivity index (χ0) is 18.3. The average molecular weight is 356 g/mol. The third kappa shape index (κ3) is 5.29. The van der Waals surface area contributed by atoms with Crippen molar-refractivity contribution in [2.75, 3.05) is 19.6 Å². The summed E-state index contributed by atoms with van der Waals surface area (Å²) in [5.74, 6) is 0.107. The maximum absolute atomic E-state index is 12.6. The molecule has 1 amide bonds. The molecule has 1 aromatic rings. The molecule has 1 aromatic carbocycles. The number of nitrogens with zero attached hydrogens (tertiary/aromatic N) is 1. The predicted octanol–water partition coefficient (Wildman–Crippen LogP) is 1.82. The smallest absolute Gasteiger partial charge is 0.251 e. The summed E-state index contributed by atoms with van der Waals surface area (Å²) in [4.78, 5) is 12.5. The van der Waals surface area contributed by atoms with Crippen LogP contribution in [-0.2, 0) is 10.0 Å². The van der Waals surface area contributed by atoms with Crippen LogP contribution in [0, 0.1) is 5.92 Å². The van der Waals surface area contributed by atoms with E-state index in [4.69, 9.17) is 5.73 Å². The molecule has 0 aromatic heterocycles. The number of benzene rings is 1. The largest absolute Gasteiger partial charge is 0.348 e. The molecule has 1 rings (SSSR count). The van der Waals surface area contributed by atoms with Gasteiger partial charge in [0.05, 0.1) is 4.90 Å². The Labute approximate surface area is 145 Å². The molecule has 24 heavy (non-hydrogen) atoms. The highest BCUT2D eigenvalue weighted by Gasteiger charge is 2.23. The van der Waals surface area contributed by atoms with Gasteiger partial charge in [-0.1, -0.05) is 33.8 Å². The van der Waals surface area contributed by atoms with Crippen LogP contribution < -0.4 is 11.1 Å². The van der Waals surface area contributed by atoms with Gasteiger partial charge in [-0.25, -0.2) is 8.42 Å². The molecule has 0 radical (unpaired) electrons. The SMILES string of the molecule is CCN(CC)S(=O)(=O)c1cccc(C(=O)NC(CN)CC(C)C)c1. The Morgan fingerprint density at radius 1 is 1.25 bits per heavy atom. The van der Waals surface area contributed by atoms with Crippen molar-refractivity contribution < 1.29 is 13.2 Å². The van der Waals surface area contributed by atoms with Crippen LogP contribution in [0.25, 0.3) is 0 Å². The molecule has 136 valence electrons. The lowest BCUT2D eigenvalue weighted by molar-refractivity contribution is 0.0933. The third-order valence-electron chi connectivity index (χ3n) is 3.82. The molecule has 0 bridgehead atoms. The summed E-state index contributed by atoms with van der Waals surface area (Å²) in [5, 5.41) is 2.88. The van der Waals surface area contributed by atoms with Crippen molar-refractivity contribution in [2.24, 2.45) is 11.7 Å². The molecular weight excluding hydrogens is 326 g/mol. The fraction of sp³-hybridized carbons (Fsp3) is 0.588. The minimum atomic E-state index is -3.58. The van der Waals surface area contributed by atoms with E-state index in [2.05, 4.69) is 19.2 Å². The second kappa shape index (κ2) is 9.15. The number of hydrogen-bond donors (Lipinski definition) is 2. The van der Waals surface area contributed by atoms with Crippen LogP contribution in [0.4, 0.5) is 0 Å². The summed E-state index contributed by atoms with van der Waals surface area (Å²) in [6, 6.07) is 6.01. The first-order valence-electron chi connectivity index (χ1n) is 8.37. The van der Waals surface area contributed by atoms with Crippen molar-refractivity contribution in [3.05, 3.63) is 29.8 Å². The number of carbonyl (C=O) groups excluding carboxylic acids is 1. The molecule has 0 fully saturated rings. The van der Waals surface area contributed by atoms with Gasteiger partial charge >= 0.3 is 0 Å². The fourth-order valence-electron chi connectivity index (χ4n) is 2.56. The molecule has 0 aliphatic carbocycles. The number of nitrogens with two attached hydrogens (primary N) is 1. The topological polar surface area (TPSA) is 92.5 Å². The molecule has 0 spiro atoms. The van der Waals surface area contributed by atoms with Crippen molar-refractivity contribution in [3.63, 3.8) is 0 Å². The van der Waals surface area contributed by atoms with Gasteiger partial charge in [-0.3, -0.25) is 4.79 Å². The summed E-state index contributed by atoms with van der Waals surface area (Å²) in [5.41, 5.74) is 6.03. The lowest BCUT2D eigenvalue weighted by Gasteiger charge is -2.20. The van der Waals surface area contributed by atoms with E-state index in [-0.39, 0.29) is 16.8 Å². The number of rotatable bonds is 9. The van der Waals surface area contributed by atoms with E-state index in [0.717, 1.165) is 6.42 Å². The van der Waals surface area contributed by atoms with Crippen molar-refractivity contribution in [3.8, 4) is 0 Å². The van der Waals surface area contributed by atoms with E-state index < -0.39 is 10.0 Å². The second-order valence-corrected chi connectivity index (χ2v) is 8.09. The molecule has 6 nitrogen and oxygen atoms in total. The summed E-state index contributed by atoms with van der Waals surface area (Å²) >= 11 is 0. The third-order valence-corrected chi connectivity index (χ3v) is 5.86. The van der Waals surface area contributed by atoms with Gasteiger partial charge in [0.2, 0.25) is 10.0 Å². The lowest BCUT2D eigenvalue weighted by Crippen LogP contribution is -2.41. The van der Waals surface area contributed by atoms with E-state index in [9.17, 15) is 13.2 Å². The van der Waals surface area contributed by atoms with Crippen molar-refractivity contribution in [1.29, 1.82) is 0 Å². The molecule has 3 N–H and O–H groups in total. The quantitative estimate of drug-likeness (QED) is 0.707. The first-order valence-corrected chi connectivity index (χ1v) is 9.81. The average Bonchev–Trinajstić information content (AvgIpc) is 2.54. The molecule has 7 heteroatoms.